The Hall–Kier alpha value is -5.00. The summed E-state index contributed by atoms with van der Waals surface area (Å²) in [5.41, 5.74) is -5.40. The molecule has 0 bridgehead atoms. The second kappa shape index (κ2) is 17.7. The van der Waals surface area contributed by atoms with Gasteiger partial charge in [0.1, 0.15) is 11.9 Å². The Balaban J connectivity index is 2.09. The van der Waals surface area contributed by atoms with Crippen molar-refractivity contribution < 1.29 is 75.0 Å². The Morgan fingerprint density at radius 1 is 0.830 bits per heavy atom. The summed E-state index contributed by atoms with van der Waals surface area (Å²) in [4.78, 5) is 52.3. The molecule has 3 aromatic carbocycles. The summed E-state index contributed by atoms with van der Waals surface area (Å²) in [7, 11) is -4.19. The summed E-state index contributed by atoms with van der Waals surface area (Å²) in [6.07, 6.45) is -11.2. The van der Waals surface area contributed by atoms with Crippen LogP contribution in [0.15, 0.2) is 54.6 Å². The first kappa shape index (κ1) is 42.4. The smallest absolute Gasteiger partial charge is 0.450 e. The van der Waals surface area contributed by atoms with Crippen LogP contribution in [-0.4, -0.2) is 94.5 Å². The molecule has 0 saturated carbocycles. The molecule has 10 N–H and O–H groups in total. The Labute approximate surface area is 296 Å². The fraction of sp³-hybridized carbons (Fsp3) is 0.241. The number of amides is 4. The minimum Gasteiger partial charge on any atom is -0.450 e. The number of alkyl halides is 6. The molecule has 1 atom stereocenters. The average Bonchev–Trinajstić information content (AvgIpc) is 3.10. The number of halogens is 7. The van der Waals surface area contributed by atoms with E-state index >= 15 is 4.39 Å². The predicted molar refractivity (Wildman–Crippen MR) is 172 cm³/mol. The van der Waals surface area contributed by atoms with E-state index < -0.39 is 121 Å². The maximum absolute atomic E-state index is 15.1. The number of nitrogens with zero attached hydrogens (tertiary/aromatic N) is 1. The van der Waals surface area contributed by atoms with Crippen LogP contribution < -0.4 is 38.3 Å². The lowest BCUT2D eigenvalue weighted by molar-refractivity contribution is -0.138. The third-order valence-electron chi connectivity index (χ3n) is 7.54. The largest absolute Gasteiger partial charge is 0.488 e. The highest BCUT2D eigenvalue weighted by Gasteiger charge is 2.39. The number of hydrogen-bond acceptors (Lipinski definition) is 10. The highest BCUT2D eigenvalue weighted by atomic mass is 19.4. The Morgan fingerprint density at radius 3 is 1.94 bits per heavy atom. The number of nitrogens with two attached hydrogens (primary N) is 1. The average molecular weight is 756 g/mol. The first-order valence-electron chi connectivity index (χ1n) is 15.0. The number of hydrogen-bond donors (Lipinski definition) is 9. The molecule has 0 aliphatic heterocycles. The first-order chi connectivity index (χ1) is 24.7. The number of hydrazine groups is 1. The highest BCUT2D eigenvalue weighted by molar-refractivity contribution is 6.59. The van der Waals surface area contributed by atoms with E-state index in [0.717, 1.165) is 24.3 Å². The van der Waals surface area contributed by atoms with E-state index in [1.54, 1.807) is 5.43 Å². The van der Waals surface area contributed by atoms with E-state index in [9.17, 15) is 65.6 Å². The van der Waals surface area contributed by atoms with Crippen LogP contribution in [0.4, 0.5) is 30.7 Å². The number of rotatable bonds is 14. The zero-order valence-electron chi connectivity index (χ0n) is 26.9. The van der Waals surface area contributed by atoms with Crippen molar-refractivity contribution in [2.75, 3.05) is 13.1 Å². The molecule has 0 aliphatic carbocycles. The van der Waals surface area contributed by atoms with Crippen molar-refractivity contribution in [3.05, 3.63) is 88.2 Å². The van der Waals surface area contributed by atoms with Crippen LogP contribution in [0.5, 0.6) is 0 Å². The van der Waals surface area contributed by atoms with Gasteiger partial charge in [-0.2, -0.15) is 26.3 Å². The Morgan fingerprint density at radius 2 is 1.40 bits per heavy atom. The molecule has 3 rings (SSSR count). The summed E-state index contributed by atoms with van der Waals surface area (Å²) >= 11 is 0. The van der Waals surface area contributed by atoms with Crippen LogP contribution in [0.1, 0.15) is 43.8 Å². The third kappa shape index (κ3) is 11.2. The molecule has 281 valence electrons. The quantitative estimate of drug-likeness (QED) is 0.0274. The van der Waals surface area contributed by atoms with Crippen molar-refractivity contribution in [2.45, 2.75) is 31.4 Å². The Kier molecular flexibility index (Phi) is 14.2. The van der Waals surface area contributed by atoms with E-state index in [1.807, 2.05) is 10.6 Å². The van der Waals surface area contributed by atoms with Gasteiger partial charge >= 0.3 is 34.1 Å². The van der Waals surface area contributed by atoms with Crippen LogP contribution in [0.2, 0.25) is 0 Å². The molecule has 0 aromatic heterocycles. The molecule has 1 radical (unpaired) electrons. The molecular formula is C29H28B3F7N5O9. The van der Waals surface area contributed by atoms with E-state index in [4.69, 9.17) is 10.9 Å². The molecule has 0 heterocycles. The van der Waals surface area contributed by atoms with Gasteiger partial charge in [-0.3, -0.25) is 24.6 Å². The number of carbonyl (C=O) groups is 4. The molecule has 0 spiro atoms. The van der Waals surface area contributed by atoms with Crippen LogP contribution in [-0.2, 0) is 28.5 Å². The van der Waals surface area contributed by atoms with Crippen molar-refractivity contribution in [1.29, 1.82) is 0 Å². The molecule has 0 aliphatic rings. The summed E-state index contributed by atoms with van der Waals surface area (Å²) < 4.78 is 98.9. The molecule has 0 saturated heterocycles. The van der Waals surface area contributed by atoms with Gasteiger partial charge in [0.15, 0.2) is 0 Å². The van der Waals surface area contributed by atoms with Crippen molar-refractivity contribution in [3.63, 3.8) is 0 Å². The van der Waals surface area contributed by atoms with Crippen LogP contribution in [0, 0.1) is 5.82 Å². The summed E-state index contributed by atoms with van der Waals surface area (Å²) in [5, 5.41) is 50.8. The molecule has 53 heavy (non-hydrogen) atoms. The SMILES string of the molecule is NNC(=O)CNC(=O)[C@H](CCN(Cc1ccc(B(O)O)cc1F)C(=O)c1ccc(B(O)O)cc1C(F)(F)F)NC(=O)c1ccc([B]O)cc1C(F)(F)F. The van der Waals surface area contributed by atoms with Crippen LogP contribution in [0.3, 0.4) is 0 Å². The van der Waals surface area contributed by atoms with E-state index in [-0.39, 0.29) is 17.0 Å². The summed E-state index contributed by atoms with van der Waals surface area (Å²) in [5.74, 6) is -1.40. The zero-order chi connectivity index (χ0) is 39.8. The minimum atomic E-state index is -5.27. The monoisotopic (exact) mass is 756 g/mol. The Bertz CT molecular complexity index is 1840. The lowest BCUT2D eigenvalue weighted by atomic mass is 9.78. The topological polar surface area (TPSA) is 235 Å². The minimum absolute atomic E-state index is 0.269. The lowest BCUT2D eigenvalue weighted by Gasteiger charge is -2.27. The van der Waals surface area contributed by atoms with Gasteiger partial charge in [0.25, 0.3) is 17.7 Å². The molecular weight excluding hydrogens is 728 g/mol. The molecule has 0 unspecified atom stereocenters. The van der Waals surface area contributed by atoms with E-state index in [2.05, 4.69) is 0 Å². The maximum atomic E-state index is 15.1. The third-order valence-corrected chi connectivity index (χ3v) is 7.54. The van der Waals surface area contributed by atoms with Gasteiger partial charge in [-0.25, -0.2) is 10.2 Å². The van der Waals surface area contributed by atoms with Crippen molar-refractivity contribution >= 4 is 61.7 Å². The van der Waals surface area contributed by atoms with Gasteiger partial charge in [0.2, 0.25) is 5.91 Å². The normalized spacial score (nSPS) is 12.0. The van der Waals surface area contributed by atoms with Gasteiger partial charge in [-0.05, 0) is 41.6 Å². The molecule has 14 nitrogen and oxygen atoms in total. The molecule has 24 heteroatoms. The summed E-state index contributed by atoms with van der Waals surface area (Å²) in [6.45, 7) is -2.54. The van der Waals surface area contributed by atoms with Gasteiger partial charge in [-0.15, -0.1) is 0 Å². The second-order valence-corrected chi connectivity index (χ2v) is 11.2. The standard InChI is InChI=1S/C29H28B3F7N5O9/c33-22-11-17(32(52)53)3-1-14(22)13-44(27(48)19-6-4-16(31(50)51)10-21(19)29(37,38)39)8-7-23(26(47)41-12-24(45)43-40)42-25(46)18-5-2-15(30-49)9-20(18)28(34,35)36/h1-6,9-11,23,49-53H,7-8,12-13,40H2,(H,41,47)(H,42,46)(H,43,45)/t23-/m0/s1. The number of nitrogens with one attached hydrogen (secondary N) is 3. The van der Waals surface area contributed by atoms with Gasteiger partial charge in [0, 0.05) is 18.7 Å². The molecule has 4 amide bonds. The fourth-order valence-electron chi connectivity index (χ4n) is 4.83. The van der Waals surface area contributed by atoms with E-state index in [0.29, 0.717) is 36.6 Å². The highest BCUT2D eigenvalue weighted by Crippen LogP contribution is 2.33. The van der Waals surface area contributed by atoms with Gasteiger partial charge < -0.3 is 40.7 Å². The first-order valence-corrected chi connectivity index (χ1v) is 15.0. The van der Waals surface area contributed by atoms with Crippen molar-refractivity contribution in [3.8, 4) is 0 Å². The predicted octanol–water partition coefficient (Wildman–Crippen LogP) is -2.60. The number of benzene rings is 3. The molecule has 0 fully saturated rings. The van der Waals surface area contributed by atoms with Crippen molar-refractivity contribution in [2.24, 2.45) is 5.84 Å². The lowest BCUT2D eigenvalue weighted by Crippen LogP contribution is -2.51. The second-order valence-electron chi connectivity index (χ2n) is 11.2. The van der Waals surface area contributed by atoms with Crippen LogP contribution >= 0.6 is 0 Å². The molecule has 3 aromatic rings. The van der Waals surface area contributed by atoms with Crippen molar-refractivity contribution in [1.82, 2.24) is 21.0 Å². The van der Waals surface area contributed by atoms with Gasteiger partial charge in [-0.1, -0.05) is 35.8 Å². The number of carbonyl (C=O) groups excluding carboxylic acids is 4. The van der Waals surface area contributed by atoms with Crippen LogP contribution in [0.25, 0.3) is 0 Å². The van der Waals surface area contributed by atoms with Gasteiger partial charge in [0.05, 0.1) is 28.8 Å². The maximum Gasteiger partial charge on any atom is 0.488 e. The fourth-order valence-corrected chi connectivity index (χ4v) is 4.83. The zero-order valence-corrected chi connectivity index (χ0v) is 26.9. The summed E-state index contributed by atoms with van der Waals surface area (Å²) in [6, 6.07) is 4.37. The van der Waals surface area contributed by atoms with E-state index in [1.165, 1.54) is 0 Å².